The van der Waals surface area contributed by atoms with E-state index in [1.807, 2.05) is 6.92 Å². The Labute approximate surface area is 138 Å². The minimum atomic E-state index is -1.05. The first-order valence-electron chi connectivity index (χ1n) is 7.67. The number of nitro groups is 1. The summed E-state index contributed by atoms with van der Waals surface area (Å²) in [5, 5.41) is 23.1. The van der Waals surface area contributed by atoms with Gasteiger partial charge in [-0.3, -0.25) is 14.9 Å². The molecule has 1 aromatic heterocycles. The number of unbranched alkanes of at least 4 members (excludes halogenated alkanes) is 1. The van der Waals surface area contributed by atoms with Crippen molar-refractivity contribution in [2.24, 2.45) is 0 Å². The van der Waals surface area contributed by atoms with Crippen LogP contribution in [0.5, 0.6) is 0 Å². The number of aromatic nitrogens is 1. The largest absolute Gasteiger partial charge is 0.480 e. The second-order valence-corrected chi connectivity index (χ2v) is 5.54. The number of non-ortho nitro benzene ring substituents is 1. The second-order valence-electron chi connectivity index (χ2n) is 5.54. The Morgan fingerprint density at radius 1 is 1.38 bits per heavy atom. The van der Waals surface area contributed by atoms with Crippen molar-refractivity contribution in [2.45, 2.75) is 38.8 Å². The number of rotatable bonds is 8. The molecule has 0 saturated carbocycles. The van der Waals surface area contributed by atoms with Crippen LogP contribution in [0.25, 0.3) is 10.9 Å². The third kappa shape index (κ3) is 4.09. The SMILES string of the molecule is CCCCC(NC(=O)Cn1ccc2cc([N+](=O)[O-])ccc21)C(=O)O. The Hall–Kier alpha value is -2.90. The van der Waals surface area contributed by atoms with E-state index in [1.54, 1.807) is 22.9 Å². The van der Waals surface area contributed by atoms with Gasteiger partial charge in [0.15, 0.2) is 0 Å². The smallest absolute Gasteiger partial charge is 0.326 e. The number of carboxylic acid groups (broad SMARTS) is 1. The summed E-state index contributed by atoms with van der Waals surface area (Å²) in [5.41, 5.74) is 0.659. The Morgan fingerprint density at radius 3 is 2.75 bits per heavy atom. The summed E-state index contributed by atoms with van der Waals surface area (Å²) < 4.78 is 1.63. The topological polar surface area (TPSA) is 114 Å². The second kappa shape index (κ2) is 7.58. The number of nitro benzene ring substituents is 1. The first-order chi connectivity index (χ1) is 11.4. The third-order valence-electron chi connectivity index (χ3n) is 3.76. The van der Waals surface area contributed by atoms with Gasteiger partial charge in [-0.25, -0.2) is 4.79 Å². The predicted octanol–water partition coefficient (Wildman–Crippen LogP) is 2.31. The Bertz CT molecular complexity index is 768. The van der Waals surface area contributed by atoms with Crippen LogP contribution in [0.2, 0.25) is 0 Å². The molecule has 0 aliphatic heterocycles. The molecule has 0 aliphatic carbocycles. The highest BCUT2D eigenvalue weighted by Gasteiger charge is 2.19. The van der Waals surface area contributed by atoms with Crippen molar-refractivity contribution in [2.75, 3.05) is 0 Å². The van der Waals surface area contributed by atoms with E-state index in [4.69, 9.17) is 5.11 Å². The maximum absolute atomic E-state index is 12.1. The first-order valence-corrected chi connectivity index (χ1v) is 7.67. The van der Waals surface area contributed by atoms with Crippen LogP contribution >= 0.6 is 0 Å². The molecular formula is C16H19N3O5. The van der Waals surface area contributed by atoms with Crippen molar-refractivity contribution in [3.8, 4) is 0 Å². The van der Waals surface area contributed by atoms with Crippen LogP contribution in [-0.4, -0.2) is 32.5 Å². The summed E-state index contributed by atoms with van der Waals surface area (Å²) in [6.45, 7) is 1.91. The molecule has 0 saturated heterocycles. The number of nitrogens with one attached hydrogen (secondary N) is 1. The molecule has 1 atom stereocenters. The van der Waals surface area contributed by atoms with Gasteiger partial charge in [0, 0.05) is 29.2 Å². The van der Waals surface area contributed by atoms with E-state index in [9.17, 15) is 19.7 Å². The minimum absolute atomic E-state index is 0.0183. The lowest BCUT2D eigenvalue weighted by Crippen LogP contribution is -2.42. The number of hydrogen-bond acceptors (Lipinski definition) is 4. The number of benzene rings is 1. The summed E-state index contributed by atoms with van der Waals surface area (Å²) >= 11 is 0. The van der Waals surface area contributed by atoms with Crippen molar-refractivity contribution in [3.63, 3.8) is 0 Å². The van der Waals surface area contributed by atoms with E-state index in [0.29, 0.717) is 23.7 Å². The van der Waals surface area contributed by atoms with Crippen LogP contribution < -0.4 is 5.32 Å². The van der Waals surface area contributed by atoms with Gasteiger partial charge in [-0.1, -0.05) is 19.8 Å². The maximum atomic E-state index is 12.1. The summed E-state index contributed by atoms with van der Waals surface area (Å²) in [4.78, 5) is 33.6. The molecule has 1 heterocycles. The molecule has 2 N–H and O–H groups in total. The molecule has 1 amide bonds. The molecule has 0 fully saturated rings. The molecule has 0 radical (unpaired) electrons. The molecule has 8 heteroatoms. The maximum Gasteiger partial charge on any atom is 0.326 e. The predicted molar refractivity (Wildman–Crippen MR) is 87.7 cm³/mol. The van der Waals surface area contributed by atoms with Gasteiger partial charge in [0.1, 0.15) is 12.6 Å². The Morgan fingerprint density at radius 2 is 2.12 bits per heavy atom. The molecule has 0 aliphatic rings. The fourth-order valence-corrected chi connectivity index (χ4v) is 2.50. The zero-order chi connectivity index (χ0) is 17.7. The van der Waals surface area contributed by atoms with E-state index in [0.717, 1.165) is 6.42 Å². The quantitative estimate of drug-likeness (QED) is 0.568. The molecular weight excluding hydrogens is 314 g/mol. The van der Waals surface area contributed by atoms with Crippen molar-refractivity contribution in [1.29, 1.82) is 0 Å². The zero-order valence-corrected chi connectivity index (χ0v) is 13.3. The summed E-state index contributed by atoms with van der Waals surface area (Å²) in [7, 11) is 0. The Kier molecular flexibility index (Phi) is 5.51. The van der Waals surface area contributed by atoms with Crippen LogP contribution in [0.1, 0.15) is 26.2 Å². The van der Waals surface area contributed by atoms with Crippen LogP contribution in [0.15, 0.2) is 30.5 Å². The third-order valence-corrected chi connectivity index (χ3v) is 3.76. The van der Waals surface area contributed by atoms with E-state index in [1.165, 1.54) is 12.1 Å². The number of nitrogens with zero attached hydrogens (tertiary/aromatic N) is 2. The monoisotopic (exact) mass is 333 g/mol. The molecule has 2 rings (SSSR count). The molecule has 0 bridgehead atoms. The van der Waals surface area contributed by atoms with E-state index in [2.05, 4.69) is 5.32 Å². The normalized spacial score (nSPS) is 12.0. The summed E-state index contributed by atoms with van der Waals surface area (Å²) in [6.07, 6.45) is 3.60. The molecule has 24 heavy (non-hydrogen) atoms. The van der Waals surface area contributed by atoms with Crippen LogP contribution in [-0.2, 0) is 16.1 Å². The van der Waals surface area contributed by atoms with Crippen molar-refractivity contribution < 1.29 is 19.6 Å². The molecule has 2 aromatic rings. The number of carbonyl (C=O) groups is 2. The lowest BCUT2D eigenvalue weighted by atomic mass is 10.1. The summed E-state index contributed by atoms with van der Waals surface area (Å²) in [6, 6.07) is 5.16. The molecule has 1 aromatic carbocycles. The lowest BCUT2D eigenvalue weighted by Gasteiger charge is -2.14. The van der Waals surface area contributed by atoms with Crippen LogP contribution in [0, 0.1) is 10.1 Å². The molecule has 8 nitrogen and oxygen atoms in total. The van der Waals surface area contributed by atoms with Gasteiger partial charge in [0.25, 0.3) is 5.69 Å². The first kappa shape index (κ1) is 17.5. The highest BCUT2D eigenvalue weighted by molar-refractivity contribution is 5.86. The number of carbonyl (C=O) groups excluding carboxylic acids is 1. The van der Waals surface area contributed by atoms with Gasteiger partial charge in [0.05, 0.1) is 4.92 Å². The standard InChI is InChI=1S/C16H19N3O5/c1-2-3-4-13(16(21)22)17-15(20)10-18-8-7-11-9-12(19(23)24)5-6-14(11)18/h5-9,13H,2-4,10H2,1H3,(H,17,20)(H,21,22). The number of amides is 1. The van der Waals surface area contributed by atoms with E-state index >= 15 is 0 Å². The van der Waals surface area contributed by atoms with Gasteiger partial charge < -0.3 is 15.0 Å². The van der Waals surface area contributed by atoms with Crippen LogP contribution in [0.3, 0.4) is 0 Å². The molecule has 128 valence electrons. The van der Waals surface area contributed by atoms with Crippen molar-refractivity contribution in [1.82, 2.24) is 9.88 Å². The fourth-order valence-electron chi connectivity index (χ4n) is 2.50. The molecule has 0 spiro atoms. The van der Waals surface area contributed by atoms with Gasteiger partial charge in [-0.05, 0) is 18.6 Å². The number of carboxylic acids is 1. The number of fused-ring (bicyclic) bond motifs is 1. The van der Waals surface area contributed by atoms with Crippen LogP contribution in [0.4, 0.5) is 5.69 Å². The zero-order valence-electron chi connectivity index (χ0n) is 13.3. The van der Waals surface area contributed by atoms with Gasteiger partial charge in [-0.15, -0.1) is 0 Å². The van der Waals surface area contributed by atoms with Crippen molar-refractivity contribution >= 4 is 28.5 Å². The molecule has 1 unspecified atom stereocenters. The average molecular weight is 333 g/mol. The average Bonchev–Trinajstić information content (AvgIpc) is 2.93. The highest BCUT2D eigenvalue weighted by atomic mass is 16.6. The van der Waals surface area contributed by atoms with E-state index in [-0.39, 0.29) is 12.2 Å². The van der Waals surface area contributed by atoms with Gasteiger partial charge in [-0.2, -0.15) is 0 Å². The van der Waals surface area contributed by atoms with Crippen molar-refractivity contribution in [3.05, 3.63) is 40.6 Å². The Balaban J connectivity index is 2.09. The highest BCUT2D eigenvalue weighted by Crippen LogP contribution is 2.21. The van der Waals surface area contributed by atoms with Gasteiger partial charge in [0.2, 0.25) is 5.91 Å². The lowest BCUT2D eigenvalue weighted by molar-refractivity contribution is -0.384. The van der Waals surface area contributed by atoms with E-state index < -0.39 is 22.8 Å². The number of hydrogen-bond donors (Lipinski definition) is 2. The number of aliphatic carboxylic acids is 1. The van der Waals surface area contributed by atoms with Gasteiger partial charge >= 0.3 is 5.97 Å². The minimum Gasteiger partial charge on any atom is -0.480 e. The summed E-state index contributed by atoms with van der Waals surface area (Å²) in [5.74, 6) is -1.46. The fraction of sp³-hybridized carbons (Fsp3) is 0.375.